The fraction of sp³-hybridized carbons (Fsp3) is 0.0667. The molecule has 0 unspecified atom stereocenters. The normalized spacial score (nSPS) is 10.6. The van der Waals surface area contributed by atoms with E-state index in [-0.39, 0.29) is 16.5 Å². The van der Waals surface area contributed by atoms with Gasteiger partial charge in [0, 0.05) is 16.5 Å². The molecule has 0 fully saturated rings. The molecule has 0 spiro atoms. The monoisotopic (exact) mass is 442 g/mol. The molecular weight excluding hydrogens is 419 g/mol. The van der Waals surface area contributed by atoms with Crippen LogP contribution in [0.15, 0.2) is 109 Å². The zero-order chi connectivity index (χ0) is 20.5. The number of aryl methyl sites for hydroxylation is 2. The Morgan fingerprint density at radius 3 is 1.06 bits per heavy atom. The zero-order valence-corrected chi connectivity index (χ0v) is 18.7. The first-order valence-electron chi connectivity index (χ1n) is 10.5. The first kappa shape index (κ1) is 21.1. The maximum atomic E-state index is 2.28. The number of hydrogen-bond donors (Lipinski definition) is 0. The van der Waals surface area contributed by atoms with Crippen LogP contribution in [0, 0.1) is 13.8 Å². The summed E-state index contributed by atoms with van der Waals surface area (Å²) in [6.07, 6.45) is 0. The molecule has 0 bridgehead atoms. The van der Waals surface area contributed by atoms with Crippen LogP contribution < -0.4 is 0 Å². The molecule has 0 heterocycles. The fourth-order valence-corrected chi connectivity index (χ4v) is 4.25. The van der Waals surface area contributed by atoms with Crippen molar-refractivity contribution in [2.75, 3.05) is 0 Å². The van der Waals surface area contributed by atoms with Gasteiger partial charge in [0.25, 0.3) is 0 Å². The SMILES string of the molecule is Cc1cccc2cc3ccccc3cc12.Cc1cccc2cc3ccccc3cc12.[Ni]. The number of hydrogen-bond acceptors (Lipinski definition) is 0. The Morgan fingerprint density at radius 1 is 0.355 bits per heavy atom. The third kappa shape index (κ3) is 4.20. The summed E-state index contributed by atoms with van der Waals surface area (Å²) in [5.74, 6) is 0. The van der Waals surface area contributed by atoms with Crippen molar-refractivity contribution in [2.24, 2.45) is 0 Å². The molecule has 0 saturated heterocycles. The van der Waals surface area contributed by atoms with Gasteiger partial charge in [0.05, 0.1) is 0 Å². The maximum Gasteiger partial charge on any atom is 0 e. The summed E-state index contributed by atoms with van der Waals surface area (Å²) in [6, 6.07) is 39.0. The number of benzene rings is 6. The Hall–Kier alpha value is -3.15. The quantitative estimate of drug-likeness (QED) is 0.163. The standard InChI is InChI=1S/2C15H12.Ni/c2*1-11-5-4-8-14-9-12-6-2-3-7-13(12)10-15(11)14;/h2*2-10H,1H3;. The second-order valence-corrected chi connectivity index (χ2v) is 7.99. The van der Waals surface area contributed by atoms with Gasteiger partial charge in [0.2, 0.25) is 0 Å². The Balaban J connectivity index is 0.000000144. The van der Waals surface area contributed by atoms with E-state index in [2.05, 4.69) is 123 Å². The van der Waals surface area contributed by atoms with Crippen LogP contribution in [0.3, 0.4) is 0 Å². The molecule has 0 saturated carbocycles. The number of fused-ring (bicyclic) bond motifs is 4. The first-order valence-corrected chi connectivity index (χ1v) is 10.5. The predicted molar refractivity (Wildman–Crippen MR) is 132 cm³/mol. The fourth-order valence-electron chi connectivity index (χ4n) is 4.25. The summed E-state index contributed by atoms with van der Waals surface area (Å²) < 4.78 is 0. The van der Waals surface area contributed by atoms with Gasteiger partial charge < -0.3 is 0 Å². The van der Waals surface area contributed by atoms with E-state index in [0.29, 0.717) is 0 Å². The summed E-state index contributed by atoms with van der Waals surface area (Å²) in [4.78, 5) is 0. The Kier molecular flexibility index (Phi) is 6.07. The summed E-state index contributed by atoms with van der Waals surface area (Å²) in [6.45, 7) is 4.33. The van der Waals surface area contributed by atoms with Gasteiger partial charge in [0.1, 0.15) is 0 Å². The van der Waals surface area contributed by atoms with E-state index in [4.69, 9.17) is 0 Å². The molecule has 31 heavy (non-hydrogen) atoms. The minimum absolute atomic E-state index is 0. The van der Waals surface area contributed by atoms with Gasteiger partial charge in [-0.2, -0.15) is 0 Å². The van der Waals surface area contributed by atoms with Gasteiger partial charge in [-0.15, -0.1) is 0 Å². The van der Waals surface area contributed by atoms with E-state index in [1.807, 2.05) is 0 Å². The second kappa shape index (κ2) is 8.92. The van der Waals surface area contributed by atoms with Crippen molar-refractivity contribution in [3.05, 3.63) is 120 Å². The van der Waals surface area contributed by atoms with Crippen molar-refractivity contribution in [2.45, 2.75) is 13.8 Å². The molecule has 0 aliphatic heterocycles. The molecule has 6 aromatic carbocycles. The minimum Gasteiger partial charge on any atom is -0.0616 e. The Morgan fingerprint density at radius 2 is 0.677 bits per heavy atom. The third-order valence-corrected chi connectivity index (χ3v) is 5.93. The topological polar surface area (TPSA) is 0 Å². The average molecular weight is 443 g/mol. The van der Waals surface area contributed by atoms with Gasteiger partial charge in [-0.25, -0.2) is 0 Å². The van der Waals surface area contributed by atoms with Crippen LogP contribution in [0.25, 0.3) is 43.1 Å². The molecule has 0 nitrogen and oxygen atoms in total. The van der Waals surface area contributed by atoms with Crippen LogP contribution in [0.4, 0.5) is 0 Å². The summed E-state index contributed by atoms with van der Waals surface area (Å²) >= 11 is 0. The van der Waals surface area contributed by atoms with Crippen LogP contribution in [0.2, 0.25) is 0 Å². The van der Waals surface area contributed by atoms with Gasteiger partial charge in [-0.1, -0.05) is 84.9 Å². The van der Waals surface area contributed by atoms with E-state index in [9.17, 15) is 0 Å². The van der Waals surface area contributed by atoms with Crippen molar-refractivity contribution in [1.29, 1.82) is 0 Å². The second-order valence-electron chi connectivity index (χ2n) is 7.99. The molecule has 6 rings (SSSR count). The van der Waals surface area contributed by atoms with Gasteiger partial charge >= 0.3 is 0 Å². The van der Waals surface area contributed by atoms with Crippen molar-refractivity contribution in [1.82, 2.24) is 0 Å². The molecule has 154 valence electrons. The Bertz CT molecular complexity index is 1390. The van der Waals surface area contributed by atoms with Crippen LogP contribution in [0.1, 0.15) is 11.1 Å². The zero-order valence-electron chi connectivity index (χ0n) is 17.7. The van der Waals surface area contributed by atoms with Crippen molar-refractivity contribution in [3.8, 4) is 0 Å². The van der Waals surface area contributed by atoms with E-state index in [1.165, 1.54) is 54.2 Å². The molecule has 0 aliphatic rings. The van der Waals surface area contributed by atoms with Crippen molar-refractivity contribution >= 4 is 43.1 Å². The van der Waals surface area contributed by atoms with Crippen LogP contribution in [-0.4, -0.2) is 0 Å². The maximum absolute atomic E-state index is 2.28. The van der Waals surface area contributed by atoms with Crippen molar-refractivity contribution in [3.63, 3.8) is 0 Å². The number of rotatable bonds is 0. The predicted octanol–water partition coefficient (Wildman–Crippen LogP) is 8.60. The van der Waals surface area contributed by atoms with Crippen LogP contribution in [0.5, 0.6) is 0 Å². The molecule has 1 heteroatoms. The molecule has 0 atom stereocenters. The first-order chi connectivity index (χ1) is 14.7. The van der Waals surface area contributed by atoms with Crippen molar-refractivity contribution < 1.29 is 16.5 Å². The Labute approximate surface area is 193 Å². The summed E-state index contributed by atoms with van der Waals surface area (Å²) in [5, 5.41) is 10.6. The smallest absolute Gasteiger partial charge is 0 e. The van der Waals surface area contributed by atoms with Crippen LogP contribution in [-0.2, 0) is 16.5 Å². The molecular formula is C30H24Ni. The molecule has 0 aromatic heterocycles. The van der Waals surface area contributed by atoms with Gasteiger partial charge in [0.15, 0.2) is 0 Å². The largest absolute Gasteiger partial charge is 0.0616 e. The van der Waals surface area contributed by atoms with Gasteiger partial charge in [-0.3, -0.25) is 0 Å². The van der Waals surface area contributed by atoms with Crippen LogP contribution >= 0.6 is 0 Å². The van der Waals surface area contributed by atoms with E-state index >= 15 is 0 Å². The van der Waals surface area contributed by atoms with Gasteiger partial charge in [-0.05, 0) is 92.3 Å². The average Bonchev–Trinajstić information content (AvgIpc) is 2.78. The molecule has 6 aromatic rings. The van der Waals surface area contributed by atoms with E-state index < -0.39 is 0 Å². The summed E-state index contributed by atoms with van der Waals surface area (Å²) in [7, 11) is 0. The molecule has 0 amide bonds. The van der Waals surface area contributed by atoms with E-state index in [0.717, 1.165) is 0 Å². The summed E-state index contributed by atoms with van der Waals surface area (Å²) in [5.41, 5.74) is 2.69. The third-order valence-electron chi connectivity index (χ3n) is 5.93. The van der Waals surface area contributed by atoms with E-state index in [1.54, 1.807) is 0 Å². The molecule has 0 radical (unpaired) electrons. The minimum atomic E-state index is 0. The molecule has 0 N–H and O–H groups in total. The molecule has 0 aliphatic carbocycles.